The second-order valence-corrected chi connectivity index (χ2v) is 6.92. The quantitative estimate of drug-likeness (QED) is 0.773. The average Bonchev–Trinajstić information content (AvgIpc) is 2.79. The minimum Gasteiger partial charge on any atom is -0.503 e. The first-order valence-electron chi connectivity index (χ1n) is 8.43. The van der Waals surface area contributed by atoms with Gasteiger partial charge in [0, 0.05) is 32.7 Å². The molecule has 0 aliphatic carbocycles. The molecule has 0 saturated heterocycles. The molecule has 0 saturated carbocycles. The van der Waals surface area contributed by atoms with E-state index in [0.29, 0.717) is 6.42 Å². The summed E-state index contributed by atoms with van der Waals surface area (Å²) in [6.07, 6.45) is 1.89. The van der Waals surface area contributed by atoms with Gasteiger partial charge < -0.3 is 14.9 Å². The third-order valence-corrected chi connectivity index (χ3v) is 4.25. The lowest BCUT2D eigenvalue weighted by Gasteiger charge is -2.26. The van der Waals surface area contributed by atoms with Crippen molar-refractivity contribution in [2.45, 2.75) is 26.3 Å². The molecule has 25 heavy (non-hydrogen) atoms. The Morgan fingerprint density at radius 3 is 2.40 bits per heavy atom. The Balaban J connectivity index is 2.48. The maximum atomic E-state index is 12.7. The molecule has 1 unspecified atom stereocenters. The lowest BCUT2D eigenvalue weighted by Crippen LogP contribution is -2.31. The molecule has 5 heteroatoms. The van der Waals surface area contributed by atoms with E-state index in [1.165, 1.54) is 4.90 Å². The van der Waals surface area contributed by atoms with Crippen LogP contribution in [0.3, 0.4) is 0 Å². The van der Waals surface area contributed by atoms with Crippen LogP contribution in [-0.2, 0) is 9.59 Å². The van der Waals surface area contributed by atoms with E-state index in [9.17, 15) is 14.7 Å². The number of anilines is 1. The van der Waals surface area contributed by atoms with Gasteiger partial charge in [0.2, 0.25) is 0 Å². The number of Topliss-reactive ketones (excluding diaryl/α,β-unsaturated/α-hetero) is 1. The molecular weight excluding hydrogens is 316 g/mol. The first kappa shape index (κ1) is 18.8. The van der Waals surface area contributed by atoms with Crippen molar-refractivity contribution >= 4 is 17.4 Å². The first-order chi connectivity index (χ1) is 11.8. The largest absolute Gasteiger partial charge is 0.503 e. The van der Waals surface area contributed by atoms with E-state index in [1.807, 2.05) is 57.1 Å². The van der Waals surface area contributed by atoms with Crippen molar-refractivity contribution in [1.29, 1.82) is 0 Å². The standard InChI is InChI=1S/C20H26N2O3/c1-6-11-22-18(14-7-9-15(10-8-14)21(4)5)17(19(24)20(22)25)16(23)12-13(2)3/h6-10,13,18,24H,1,11-12H2,2-5H3. The van der Waals surface area contributed by atoms with Gasteiger partial charge in [-0.3, -0.25) is 9.59 Å². The highest BCUT2D eigenvalue weighted by Gasteiger charge is 2.42. The van der Waals surface area contributed by atoms with Crippen LogP contribution in [0.2, 0.25) is 0 Å². The van der Waals surface area contributed by atoms with Gasteiger partial charge in [-0.15, -0.1) is 6.58 Å². The molecule has 5 nitrogen and oxygen atoms in total. The number of carbonyl (C=O) groups excluding carboxylic acids is 2. The highest BCUT2D eigenvalue weighted by Crippen LogP contribution is 2.38. The van der Waals surface area contributed by atoms with Gasteiger partial charge in [-0.25, -0.2) is 0 Å². The Morgan fingerprint density at radius 1 is 1.32 bits per heavy atom. The third-order valence-electron chi connectivity index (χ3n) is 4.25. The molecular formula is C20H26N2O3. The van der Waals surface area contributed by atoms with Gasteiger partial charge in [0.15, 0.2) is 11.5 Å². The molecule has 1 aromatic carbocycles. The Kier molecular flexibility index (Phi) is 5.67. The zero-order chi connectivity index (χ0) is 18.7. The first-order valence-corrected chi connectivity index (χ1v) is 8.43. The second-order valence-electron chi connectivity index (χ2n) is 6.92. The van der Waals surface area contributed by atoms with Gasteiger partial charge in [0.25, 0.3) is 5.91 Å². The fourth-order valence-electron chi connectivity index (χ4n) is 3.05. The average molecular weight is 342 g/mol. The maximum absolute atomic E-state index is 12.7. The lowest BCUT2D eigenvalue weighted by atomic mass is 9.92. The molecule has 134 valence electrons. The number of ketones is 1. The third kappa shape index (κ3) is 3.76. The zero-order valence-corrected chi connectivity index (χ0v) is 15.3. The number of hydrogen-bond donors (Lipinski definition) is 1. The van der Waals surface area contributed by atoms with E-state index in [0.717, 1.165) is 11.3 Å². The van der Waals surface area contributed by atoms with E-state index in [-0.39, 0.29) is 23.8 Å². The molecule has 0 spiro atoms. The molecule has 1 heterocycles. The number of amides is 1. The van der Waals surface area contributed by atoms with E-state index in [4.69, 9.17) is 0 Å². The van der Waals surface area contributed by atoms with Crippen LogP contribution in [0.1, 0.15) is 31.9 Å². The van der Waals surface area contributed by atoms with E-state index >= 15 is 0 Å². The Morgan fingerprint density at radius 2 is 1.92 bits per heavy atom. The fourth-order valence-corrected chi connectivity index (χ4v) is 3.05. The smallest absolute Gasteiger partial charge is 0.290 e. The summed E-state index contributed by atoms with van der Waals surface area (Å²) in [6.45, 7) is 7.83. The van der Waals surface area contributed by atoms with E-state index in [2.05, 4.69) is 6.58 Å². The highest BCUT2D eigenvalue weighted by atomic mass is 16.3. The summed E-state index contributed by atoms with van der Waals surface area (Å²) in [5, 5.41) is 10.3. The minimum atomic E-state index is -0.576. The van der Waals surface area contributed by atoms with Gasteiger partial charge in [-0.2, -0.15) is 0 Å². The highest BCUT2D eigenvalue weighted by molar-refractivity contribution is 6.09. The van der Waals surface area contributed by atoms with Gasteiger partial charge in [-0.1, -0.05) is 32.1 Å². The van der Waals surface area contributed by atoms with Crippen LogP contribution < -0.4 is 4.90 Å². The Labute approximate surface area is 149 Å². The summed E-state index contributed by atoms with van der Waals surface area (Å²) in [5.41, 5.74) is 2.02. The SMILES string of the molecule is C=CCN1C(=O)C(O)=C(C(=O)CC(C)C)C1c1ccc(N(C)C)cc1. The fraction of sp³-hybridized carbons (Fsp3) is 0.400. The number of aliphatic hydroxyl groups is 1. The molecule has 2 rings (SSSR count). The van der Waals surface area contributed by atoms with Crippen LogP contribution >= 0.6 is 0 Å². The van der Waals surface area contributed by atoms with Gasteiger partial charge in [0.05, 0.1) is 11.6 Å². The van der Waals surface area contributed by atoms with Gasteiger partial charge in [-0.05, 0) is 23.6 Å². The summed E-state index contributed by atoms with van der Waals surface area (Å²) < 4.78 is 0. The van der Waals surface area contributed by atoms with Gasteiger partial charge >= 0.3 is 0 Å². The van der Waals surface area contributed by atoms with Crippen LogP contribution in [-0.4, -0.2) is 42.3 Å². The molecule has 1 N–H and O–H groups in total. The molecule has 1 aromatic rings. The van der Waals surface area contributed by atoms with Crippen molar-refractivity contribution in [1.82, 2.24) is 4.90 Å². The molecule has 1 atom stereocenters. The Bertz CT molecular complexity index is 702. The normalized spacial score (nSPS) is 17.4. The summed E-state index contributed by atoms with van der Waals surface area (Å²) in [5.74, 6) is -0.995. The summed E-state index contributed by atoms with van der Waals surface area (Å²) in [7, 11) is 3.89. The predicted octanol–water partition coefficient (Wildman–Crippen LogP) is 3.25. The predicted molar refractivity (Wildman–Crippen MR) is 99.5 cm³/mol. The topological polar surface area (TPSA) is 60.9 Å². The molecule has 1 aliphatic rings. The number of benzene rings is 1. The lowest BCUT2D eigenvalue weighted by molar-refractivity contribution is -0.128. The van der Waals surface area contributed by atoms with Crippen LogP contribution in [0.25, 0.3) is 0 Å². The van der Waals surface area contributed by atoms with E-state index in [1.54, 1.807) is 6.08 Å². The van der Waals surface area contributed by atoms with Crippen molar-refractivity contribution in [2.75, 3.05) is 25.5 Å². The van der Waals surface area contributed by atoms with Crippen LogP contribution in [0.5, 0.6) is 0 Å². The molecule has 1 aliphatic heterocycles. The Hall–Kier alpha value is -2.56. The monoisotopic (exact) mass is 342 g/mol. The zero-order valence-electron chi connectivity index (χ0n) is 15.3. The number of carbonyl (C=O) groups is 2. The van der Waals surface area contributed by atoms with Crippen LogP contribution in [0.15, 0.2) is 48.3 Å². The summed E-state index contributed by atoms with van der Waals surface area (Å²) >= 11 is 0. The van der Waals surface area contributed by atoms with Crippen LogP contribution in [0, 0.1) is 5.92 Å². The molecule has 0 fully saturated rings. The van der Waals surface area contributed by atoms with Crippen molar-refractivity contribution in [3.8, 4) is 0 Å². The molecule has 0 bridgehead atoms. The van der Waals surface area contributed by atoms with Crippen molar-refractivity contribution in [2.24, 2.45) is 5.92 Å². The van der Waals surface area contributed by atoms with Crippen molar-refractivity contribution < 1.29 is 14.7 Å². The van der Waals surface area contributed by atoms with Crippen LogP contribution in [0.4, 0.5) is 5.69 Å². The summed E-state index contributed by atoms with van der Waals surface area (Å²) in [4.78, 5) is 28.6. The second kappa shape index (κ2) is 7.55. The number of rotatable bonds is 7. The van der Waals surface area contributed by atoms with Crippen molar-refractivity contribution in [3.05, 3.63) is 53.8 Å². The number of nitrogens with zero attached hydrogens (tertiary/aromatic N) is 2. The van der Waals surface area contributed by atoms with Crippen molar-refractivity contribution in [3.63, 3.8) is 0 Å². The number of aliphatic hydroxyl groups excluding tert-OH is 1. The van der Waals surface area contributed by atoms with E-state index < -0.39 is 17.7 Å². The minimum absolute atomic E-state index is 0.146. The molecule has 0 radical (unpaired) electrons. The van der Waals surface area contributed by atoms with Gasteiger partial charge in [0.1, 0.15) is 0 Å². The molecule has 1 amide bonds. The summed E-state index contributed by atoms with van der Waals surface area (Å²) in [6, 6.07) is 7.08. The number of hydrogen-bond acceptors (Lipinski definition) is 4. The molecule has 0 aromatic heterocycles. The maximum Gasteiger partial charge on any atom is 0.290 e.